The Morgan fingerprint density at radius 2 is 1.73 bits per heavy atom. The molecule has 0 fully saturated rings. The third-order valence-electron chi connectivity index (χ3n) is 5.11. The van der Waals surface area contributed by atoms with Crippen molar-refractivity contribution in [3.63, 3.8) is 0 Å². The zero-order valence-electron chi connectivity index (χ0n) is 16.0. The molecule has 30 heavy (non-hydrogen) atoms. The average Bonchev–Trinajstić information content (AvgIpc) is 3.13. The minimum absolute atomic E-state index is 0.0129. The van der Waals surface area contributed by atoms with Gasteiger partial charge in [0, 0.05) is 29.5 Å². The van der Waals surface area contributed by atoms with Crippen LogP contribution < -0.4 is 5.73 Å². The fourth-order valence-electron chi connectivity index (χ4n) is 3.51. The molecule has 4 aromatic rings. The number of fused-ring (bicyclic) bond motifs is 1. The van der Waals surface area contributed by atoms with Crippen LogP contribution in [0.4, 0.5) is 0 Å². The number of carboxylic acids is 1. The van der Waals surface area contributed by atoms with Crippen molar-refractivity contribution in [1.82, 2.24) is 10.2 Å². The Labute approximate surface area is 177 Å². The van der Waals surface area contributed by atoms with Crippen molar-refractivity contribution >= 4 is 28.5 Å². The number of phenols is 1. The molecule has 1 aromatic heterocycles. The number of halogens is 1. The Morgan fingerprint density at radius 3 is 2.37 bits per heavy atom. The number of H-pyrrole nitrogens is 1. The van der Waals surface area contributed by atoms with Gasteiger partial charge < -0.3 is 15.9 Å². The van der Waals surface area contributed by atoms with E-state index in [0.717, 1.165) is 38.7 Å². The molecule has 0 spiro atoms. The van der Waals surface area contributed by atoms with Gasteiger partial charge in [-0.2, -0.15) is 5.10 Å². The van der Waals surface area contributed by atoms with Crippen molar-refractivity contribution in [2.45, 2.75) is 19.4 Å². The van der Waals surface area contributed by atoms with Crippen LogP contribution in [0.2, 0.25) is 5.02 Å². The zero-order chi connectivity index (χ0) is 21.3. The van der Waals surface area contributed by atoms with Gasteiger partial charge in [-0.25, -0.2) is 0 Å². The third kappa shape index (κ3) is 3.87. The third-order valence-corrected chi connectivity index (χ3v) is 5.42. The lowest BCUT2D eigenvalue weighted by molar-refractivity contribution is -0.136. The molecule has 0 bridgehead atoms. The largest absolute Gasteiger partial charge is 0.507 e. The SMILES string of the molecule is NCc1ccc(-c2ccc(-c3cc4c(CCC(=O)O)n[nH]c4cc3Cl)cc2)c(O)c1. The van der Waals surface area contributed by atoms with Crippen LogP contribution in [0.3, 0.4) is 0 Å². The lowest BCUT2D eigenvalue weighted by atomic mass is 9.97. The number of aryl methyl sites for hydroxylation is 1. The Hall–Kier alpha value is -3.35. The second-order valence-corrected chi connectivity index (χ2v) is 7.48. The Balaban J connectivity index is 1.69. The van der Waals surface area contributed by atoms with Crippen molar-refractivity contribution in [3.8, 4) is 28.0 Å². The molecule has 0 aliphatic carbocycles. The van der Waals surface area contributed by atoms with Gasteiger partial charge >= 0.3 is 5.97 Å². The number of aromatic hydroxyl groups is 1. The molecule has 4 rings (SSSR count). The molecule has 6 nitrogen and oxygen atoms in total. The van der Waals surface area contributed by atoms with Gasteiger partial charge in [0.05, 0.1) is 22.7 Å². The number of hydrogen-bond donors (Lipinski definition) is 4. The molecule has 0 saturated carbocycles. The first-order valence-corrected chi connectivity index (χ1v) is 9.85. The van der Waals surface area contributed by atoms with Gasteiger partial charge in [0.1, 0.15) is 5.75 Å². The number of nitrogens with one attached hydrogen (secondary N) is 1. The standard InChI is InChI=1S/C23H20ClN3O3/c24-19-11-21-18(20(26-27-21)7-8-23(29)30)10-17(19)15-4-2-14(3-5-15)16-6-1-13(12-25)9-22(16)28/h1-6,9-11,28H,7-8,12,25H2,(H,26,27)(H,29,30). The van der Waals surface area contributed by atoms with E-state index in [1.807, 2.05) is 42.5 Å². The van der Waals surface area contributed by atoms with Crippen molar-refractivity contribution < 1.29 is 15.0 Å². The molecule has 0 saturated heterocycles. The van der Waals surface area contributed by atoms with E-state index in [9.17, 15) is 9.90 Å². The number of nitrogens with two attached hydrogens (primary N) is 1. The number of rotatable bonds is 6. The van der Waals surface area contributed by atoms with Crippen LogP contribution in [-0.4, -0.2) is 26.4 Å². The molecule has 3 aromatic carbocycles. The molecule has 0 aliphatic heterocycles. The minimum atomic E-state index is -0.862. The van der Waals surface area contributed by atoms with E-state index in [1.54, 1.807) is 12.1 Å². The van der Waals surface area contributed by atoms with E-state index in [0.29, 0.717) is 23.7 Å². The molecule has 0 aliphatic rings. The predicted octanol–water partition coefficient (Wildman–Crippen LogP) is 4.73. The summed E-state index contributed by atoms with van der Waals surface area (Å²) < 4.78 is 0. The summed E-state index contributed by atoms with van der Waals surface area (Å²) in [5.74, 6) is -0.676. The highest BCUT2D eigenvalue weighted by atomic mass is 35.5. The van der Waals surface area contributed by atoms with E-state index < -0.39 is 5.97 Å². The maximum absolute atomic E-state index is 10.9. The molecular weight excluding hydrogens is 402 g/mol. The average molecular weight is 422 g/mol. The van der Waals surface area contributed by atoms with Crippen LogP contribution in [0.15, 0.2) is 54.6 Å². The van der Waals surface area contributed by atoms with Crippen LogP contribution >= 0.6 is 11.6 Å². The monoisotopic (exact) mass is 421 g/mol. The van der Waals surface area contributed by atoms with Crippen LogP contribution in [0.1, 0.15) is 17.7 Å². The first kappa shape index (κ1) is 19.9. The Morgan fingerprint density at radius 1 is 1.03 bits per heavy atom. The maximum Gasteiger partial charge on any atom is 0.303 e. The van der Waals surface area contributed by atoms with Gasteiger partial charge in [-0.05, 0) is 34.9 Å². The number of nitrogens with zero attached hydrogens (tertiary/aromatic N) is 1. The number of hydrogen-bond acceptors (Lipinski definition) is 4. The van der Waals surface area contributed by atoms with E-state index in [2.05, 4.69) is 10.2 Å². The van der Waals surface area contributed by atoms with Gasteiger partial charge in [-0.1, -0.05) is 48.0 Å². The summed E-state index contributed by atoms with van der Waals surface area (Å²) in [6.45, 7) is 0.371. The predicted molar refractivity (Wildman–Crippen MR) is 117 cm³/mol. The highest BCUT2D eigenvalue weighted by Gasteiger charge is 2.13. The summed E-state index contributed by atoms with van der Waals surface area (Å²) >= 11 is 6.50. The fourth-order valence-corrected chi connectivity index (χ4v) is 3.78. The number of phenolic OH excluding ortho intramolecular Hbond substituents is 1. The van der Waals surface area contributed by atoms with E-state index in [-0.39, 0.29) is 12.2 Å². The fraction of sp³-hybridized carbons (Fsp3) is 0.130. The van der Waals surface area contributed by atoms with Crippen LogP contribution in [0, 0.1) is 0 Å². The molecule has 1 heterocycles. The van der Waals surface area contributed by atoms with Crippen molar-refractivity contribution in [2.75, 3.05) is 0 Å². The number of aromatic amines is 1. The summed E-state index contributed by atoms with van der Waals surface area (Å²) in [4.78, 5) is 10.9. The Kier molecular flexibility index (Phi) is 5.44. The first-order chi connectivity index (χ1) is 14.5. The minimum Gasteiger partial charge on any atom is -0.507 e. The van der Waals surface area contributed by atoms with Gasteiger partial charge in [0.25, 0.3) is 0 Å². The van der Waals surface area contributed by atoms with Crippen molar-refractivity contribution in [1.29, 1.82) is 0 Å². The molecule has 0 radical (unpaired) electrons. The Bertz CT molecular complexity index is 1230. The lowest BCUT2D eigenvalue weighted by Crippen LogP contribution is -1.98. The summed E-state index contributed by atoms with van der Waals surface area (Å²) in [7, 11) is 0. The summed E-state index contributed by atoms with van der Waals surface area (Å²) in [5.41, 5.74) is 11.3. The second kappa shape index (κ2) is 8.18. The summed E-state index contributed by atoms with van der Waals surface area (Å²) in [6, 6.07) is 16.9. The van der Waals surface area contributed by atoms with Crippen LogP contribution in [0.5, 0.6) is 5.75 Å². The molecule has 0 amide bonds. The van der Waals surface area contributed by atoms with Crippen LogP contribution in [0.25, 0.3) is 33.2 Å². The molecule has 0 atom stereocenters. The molecule has 152 valence electrons. The summed E-state index contributed by atoms with van der Waals surface area (Å²) in [5, 5.41) is 27.8. The lowest BCUT2D eigenvalue weighted by Gasteiger charge is -2.09. The zero-order valence-corrected chi connectivity index (χ0v) is 16.8. The first-order valence-electron chi connectivity index (χ1n) is 9.47. The maximum atomic E-state index is 10.9. The number of carboxylic acid groups (broad SMARTS) is 1. The van der Waals surface area contributed by atoms with Gasteiger partial charge in [0.15, 0.2) is 0 Å². The number of aromatic nitrogens is 2. The van der Waals surface area contributed by atoms with Gasteiger partial charge in [-0.15, -0.1) is 0 Å². The number of aliphatic carboxylic acids is 1. The highest BCUT2D eigenvalue weighted by Crippen LogP contribution is 2.35. The molecular formula is C23H20ClN3O3. The second-order valence-electron chi connectivity index (χ2n) is 7.07. The highest BCUT2D eigenvalue weighted by molar-refractivity contribution is 6.34. The molecule has 5 N–H and O–H groups in total. The normalized spacial score (nSPS) is 11.1. The van der Waals surface area contributed by atoms with E-state index in [4.69, 9.17) is 22.4 Å². The topological polar surface area (TPSA) is 112 Å². The van der Waals surface area contributed by atoms with Crippen LogP contribution in [-0.2, 0) is 17.8 Å². The quantitative estimate of drug-likeness (QED) is 0.359. The summed E-state index contributed by atoms with van der Waals surface area (Å²) in [6.07, 6.45) is 0.354. The molecule has 7 heteroatoms. The van der Waals surface area contributed by atoms with Crippen molar-refractivity contribution in [3.05, 3.63) is 70.9 Å². The van der Waals surface area contributed by atoms with E-state index in [1.165, 1.54) is 0 Å². The molecule has 0 unspecified atom stereocenters. The smallest absolute Gasteiger partial charge is 0.303 e. The van der Waals surface area contributed by atoms with Gasteiger partial charge in [-0.3, -0.25) is 9.89 Å². The number of carbonyl (C=O) groups is 1. The van der Waals surface area contributed by atoms with Crippen molar-refractivity contribution in [2.24, 2.45) is 5.73 Å². The van der Waals surface area contributed by atoms with E-state index >= 15 is 0 Å². The number of benzene rings is 3. The van der Waals surface area contributed by atoms with Gasteiger partial charge in [0.2, 0.25) is 0 Å².